The number of benzene rings is 1. The molecule has 0 radical (unpaired) electrons. The van der Waals surface area contributed by atoms with Gasteiger partial charge in [0.15, 0.2) is 5.96 Å². The van der Waals surface area contributed by atoms with E-state index in [0.717, 1.165) is 44.6 Å². The van der Waals surface area contributed by atoms with Crippen molar-refractivity contribution >= 4 is 29.9 Å². The van der Waals surface area contributed by atoms with Gasteiger partial charge in [0.1, 0.15) is 0 Å². The molecular formula is C21H34F3IN4. The van der Waals surface area contributed by atoms with E-state index in [0.29, 0.717) is 25.0 Å². The van der Waals surface area contributed by atoms with Crippen molar-refractivity contribution in [3.63, 3.8) is 0 Å². The molecule has 0 saturated carbocycles. The second-order valence-electron chi connectivity index (χ2n) is 7.69. The molecule has 0 aliphatic carbocycles. The first kappa shape index (κ1) is 26.0. The van der Waals surface area contributed by atoms with Crippen molar-refractivity contribution < 1.29 is 13.2 Å². The molecule has 0 bridgehead atoms. The maximum absolute atomic E-state index is 12.5. The summed E-state index contributed by atoms with van der Waals surface area (Å²) in [4.78, 5) is 5.79. The molecule has 29 heavy (non-hydrogen) atoms. The van der Waals surface area contributed by atoms with E-state index >= 15 is 0 Å². The van der Waals surface area contributed by atoms with E-state index in [9.17, 15) is 13.2 Å². The van der Waals surface area contributed by atoms with E-state index in [1.165, 1.54) is 10.5 Å². The Morgan fingerprint density at radius 2 is 1.86 bits per heavy atom. The number of rotatable bonds is 8. The van der Waals surface area contributed by atoms with E-state index in [2.05, 4.69) is 46.8 Å². The number of alkyl halides is 3. The minimum Gasteiger partial charge on any atom is -0.356 e. The van der Waals surface area contributed by atoms with Crippen LogP contribution in [0.2, 0.25) is 0 Å². The fraction of sp³-hybridized carbons (Fsp3) is 0.667. The Hall–Kier alpha value is -1.03. The van der Waals surface area contributed by atoms with Gasteiger partial charge >= 0.3 is 6.18 Å². The van der Waals surface area contributed by atoms with Crippen LogP contribution in [0, 0.1) is 5.92 Å². The average molecular weight is 526 g/mol. The fourth-order valence-electron chi connectivity index (χ4n) is 3.61. The molecule has 1 aromatic rings. The normalized spacial score (nSPS) is 17.5. The summed E-state index contributed by atoms with van der Waals surface area (Å²) < 4.78 is 37.4. The van der Waals surface area contributed by atoms with Gasteiger partial charge in [-0.05, 0) is 63.6 Å². The highest BCUT2D eigenvalue weighted by molar-refractivity contribution is 14.0. The number of likely N-dealkylation sites (tertiary alicyclic amines) is 1. The number of hydrogen-bond acceptors (Lipinski definition) is 2. The zero-order valence-corrected chi connectivity index (χ0v) is 19.7. The number of hydrogen-bond donors (Lipinski definition) is 2. The van der Waals surface area contributed by atoms with Gasteiger partial charge < -0.3 is 10.6 Å². The highest BCUT2D eigenvalue weighted by Crippen LogP contribution is 2.23. The predicted octanol–water partition coefficient (Wildman–Crippen LogP) is 4.46. The quantitative estimate of drug-likeness (QED) is 0.299. The lowest BCUT2D eigenvalue weighted by Gasteiger charge is -2.32. The number of guanidine groups is 1. The summed E-state index contributed by atoms with van der Waals surface area (Å²) >= 11 is 0. The molecule has 1 unspecified atom stereocenters. The van der Waals surface area contributed by atoms with Crippen LogP contribution in [0.4, 0.5) is 13.2 Å². The van der Waals surface area contributed by atoms with E-state index in [1.807, 2.05) is 6.07 Å². The maximum Gasteiger partial charge on any atom is 0.401 e. The molecule has 0 spiro atoms. The highest BCUT2D eigenvalue weighted by Gasteiger charge is 2.32. The highest BCUT2D eigenvalue weighted by atomic mass is 127. The Bertz CT molecular complexity index is 587. The van der Waals surface area contributed by atoms with E-state index < -0.39 is 12.7 Å². The Balaban J connectivity index is 0.00000420. The summed E-state index contributed by atoms with van der Waals surface area (Å²) in [6.07, 6.45) is 0.558. The van der Waals surface area contributed by atoms with Crippen molar-refractivity contribution in [3.8, 4) is 0 Å². The van der Waals surface area contributed by atoms with Crippen LogP contribution in [0.25, 0.3) is 0 Å². The lowest BCUT2D eigenvalue weighted by Crippen LogP contribution is -2.44. The summed E-state index contributed by atoms with van der Waals surface area (Å²) in [5.74, 6) is 1.26. The van der Waals surface area contributed by atoms with Crippen LogP contribution in [0.5, 0.6) is 0 Å². The topological polar surface area (TPSA) is 39.7 Å². The van der Waals surface area contributed by atoms with E-state index in [4.69, 9.17) is 0 Å². The average Bonchev–Trinajstić information content (AvgIpc) is 2.66. The van der Waals surface area contributed by atoms with Gasteiger partial charge in [0, 0.05) is 19.6 Å². The number of piperidine rings is 1. The van der Waals surface area contributed by atoms with Crippen LogP contribution in [0.1, 0.15) is 38.2 Å². The van der Waals surface area contributed by atoms with Crippen LogP contribution in [0.3, 0.4) is 0 Å². The van der Waals surface area contributed by atoms with Gasteiger partial charge in [-0.3, -0.25) is 9.89 Å². The molecule has 8 heteroatoms. The SMILES string of the molecule is CN=C(NCCC1CCN(CC(F)(F)F)CC1)NC(C)CCc1ccccc1.I. The first-order valence-corrected chi connectivity index (χ1v) is 10.2. The standard InChI is InChI=1S/C21H33F3N4.HI/c1-17(8-9-18-6-4-3-5-7-18)27-20(25-2)26-13-10-19-11-14-28(15-12-19)16-21(22,23)24;/h3-7,17,19H,8-16H2,1-2H3,(H2,25,26,27);1H. The Morgan fingerprint density at radius 1 is 1.21 bits per heavy atom. The molecule has 0 aromatic heterocycles. The van der Waals surface area contributed by atoms with Gasteiger partial charge in [-0.2, -0.15) is 13.2 Å². The molecule has 2 rings (SSSR count). The molecule has 1 aromatic carbocycles. The van der Waals surface area contributed by atoms with Crippen molar-refractivity contribution in [2.75, 3.05) is 33.2 Å². The Labute approximate surface area is 189 Å². The monoisotopic (exact) mass is 526 g/mol. The molecule has 1 fully saturated rings. The van der Waals surface area contributed by atoms with Crippen molar-refractivity contribution in [3.05, 3.63) is 35.9 Å². The van der Waals surface area contributed by atoms with Crippen LogP contribution in [0.15, 0.2) is 35.3 Å². The summed E-state index contributed by atoms with van der Waals surface area (Å²) in [5, 5.41) is 6.75. The summed E-state index contributed by atoms with van der Waals surface area (Å²) in [5.41, 5.74) is 1.33. The third kappa shape index (κ3) is 11.1. The Morgan fingerprint density at radius 3 is 2.45 bits per heavy atom. The molecule has 1 saturated heterocycles. The molecular weight excluding hydrogens is 492 g/mol. The van der Waals surface area contributed by atoms with Crippen LogP contribution >= 0.6 is 24.0 Å². The van der Waals surface area contributed by atoms with Crippen molar-refractivity contribution in [2.24, 2.45) is 10.9 Å². The van der Waals surface area contributed by atoms with Crippen LogP contribution < -0.4 is 10.6 Å². The number of aliphatic imine (C=N–C) groups is 1. The van der Waals surface area contributed by atoms with Gasteiger partial charge in [0.05, 0.1) is 6.54 Å². The van der Waals surface area contributed by atoms with Crippen molar-refractivity contribution in [2.45, 2.75) is 51.2 Å². The summed E-state index contributed by atoms with van der Waals surface area (Å²) in [6, 6.07) is 10.7. The van der Waals surface area contributed by atoms with Gasteiger partial charge in [0.25, 0.3) is 0 Å². The molecule has 2 N–H and O–H groups in total. The molecule has 4 nitrogen and oxygen atoms in total. The van der Waals surface area contributed by atoms with Crippen LogP contribution in [-0.4, -0.2) is 56.3 Å². The second kappa shape index (κ2) is 13.3. The zero-order valence-electron chi connectivity index (χ0n) is 17.3. The van der Waals surface area contributed by atoms with Gasteiger partial charge in [-0.15, -0.1) is 24.0 Å². The van der Waals surface area contributed by atoms with E-state index in [1.54, 1.807) is 7.05 Å². The maximum atomic E-state index is 12.5. The van der Waals surface area contributed by atoms with Gasteiger partial charge in [-0.1, -0.05) is 30.3 Å². The van der Waals surface area contributed by atoms with Gasteiger partial charge in [0.2, 0.25) is 0 Å². The first-order chi connectivity index (χ1) is 13.4. The number of aryl methyl sites for hydroxylation is 1. The van der Waals surface area contributed by atoms with Crippen molar-refractivity contribution in [1.82, 2.24) is 15.5 Å². The minimum atomic E-state index is -4.09. The predicted molar refractivity (Wildman–Crippen MR) is 124 cm³/mol. The Kier molecular flexibility index (Phi) is 11.9. The molecule has 1 atom stereocenters. The molecule has 1 heterocycles. The molecule has 166 valence electrons. The molecule has 1 aliphatic heterocycles. The molecule has 1 aliphatic rings. The minimum absolute atomic E-state index is 0. The summed E-state index contributed by atoms with van der Waals surface area (Å²) in [6.45, 7) is 3.22. The van der Waals surface area contributed by atoms with Gasteiger partial charge in [-0.25, -0.2) is 0 Å². The van der Waals surface area contributed by atoms with Crippen molar-refractivity contribution in [1.29, 1.82) is 0 Å². The van der Waals surface area contributed by atoms with Crippen LogP contribution in [-0.2, 0) is 6.42 Å². The third-order valence-corrected chi connectivity index (χ3v) is 5.27. The second-order valence-corrected chi connectivity index (χ2v) is 7.69. The fourth-order valence-corrected chi connectivity index (χ4v) is 3.61. The number of nitrogens with one attached hydrogen (secondary N) is 2. The summed E-state index contributed by atoms with van der Waals surface area (Å²) in [7, 11) is 1.76. The lowest BCUT2D eigenvalue weighted by atomic mass is 9.93. The smallest absolute Gasteiger partial charge is 0.356 e. The zero-order chi connectivity index (χ0) is 20.4. The lowest BCUT2D eigenvalue weighted by molar-refractivity contribution is -0.148. The van der Waals surface area contributed by atoms with E-state index in [-0.39, 0.29) is 24.0 Å². The largest absolute Gasteiger partial charge is 0.401 e. The third-order valence-electron chi connectivity index (χ3n) is 5.27. The first-order valence-electron chi connectivity index (χ1n) is 10.2. The number of nitrogens with zero attached hydrogens (tertiary/aromatic N) is 2. The molecule has 0 amide bonds. The number of halogens is 4.